The first-order valence-corrected chi connectivity index (χ1v) is 9.87. The van der Waals surface area contributed by atoms with Gasteiger partial charge in [-0.2, -0.15) is 0 Å². The van der Waals surface area contributed by atoms with Crippen molar-refractivity contribution >= 4 is 23.5 Å². The fourth-order valence-corrected chi connectivity index (χ4v) is 3.83. The van der Waals surface area contributed by atoms with Crippen molar-refractivity contribution in [1.82, 2.24) is 4.90 Å². The molecule has 30 heavy (non-hydrogen) atoms. The van der Waals surface area contributed by atoms with Crippen molar-refractivity contribution in [3.63, 3.8) is 0 Å². The minimum atomic E-state index is -1.04. The van der Waals surface area contributed by atoms with Gasteiger partial charge in [0.1, 0.15) is 5.82 Å². The second kappa shape index (κ2) is 9.07. The van der Waals surface area contributed by atoms with Crippen LogP contribution < -0.4 is 5.32 Å². The molecule has 158 valence electrons. The molecule has 3 rings (SSSR count). The number of benzene rings is 2. The van der Waals surface area contributed by atoms with Crippen LogP contribution in [0.5, 0.6) is 0 Å². The molecule has 0 radical (unpaired) electrons. The molecule has 0 atom stereocenters. The van der Waals surface area contributed by atoms with Crippen LogP contribution in [0.15, 0.2) is 48.5 Å². The number of anilines is 1. The van der Waals surface area contributed by atoms with Gasteiger partial charge in [-0.25, -0.2) is 4.39 Å². The molecule has 0 heterocycles. The van der Waals surface area contributed by atoms with Crippen molar-refractivity contribution < 1.29 is 23.5 Å². The molecule has 0 unspecified atom stereocenters. The Balaban J connectivity index is 1.62. The van der Waals surface area contributed by atoms with Crippen LogP contribution in [-0.4, -0.2) is 43.4 Å². The summed E-state index contributed by atoms with van der Waals surface area (Å²) in [4.78, 5) is 38.4. The summed E-state index contributed by atoms with van der Waals surface area (Å²) in [6, 6.07) is 12.6. The van der Waals surface area contributed by atoms with E-state index in [2.05, 4.69) is 5.32 Å². The molecule has 0 spiro atoms. The molecule has 1 fully saturated rings. The molecule has 2 aromatic carbocycles. The molecule has 1 aliphatic carbocycles. The lowest BCUT2D eigenvalue weighted by molar-refractivity contribution is -0.153. The van der Waals surface area contributed by atoms with Gasteiger partial charge in [-0.1, -0.05) is 31.0 Å². The quantitative estimate of drug-likeness (QED) is 0.737. The van der Waals surface area contributed by atoms with E-state index in [9.17, 15) is 18.8 Å². The Morgan fingerprint density at radius 2 is 1.67 bits per heavy atom. The Morgan fingerprint density at radius 3 is 2.27 bits per heavy atom. The predicted molar refractivity (Wildman–Crippen MR) is 111 cm³/mol. The zero-order valence-corrected chi connectivity index (χ0v) is 17.1. The maximum Gasteiger partial charge on any atom is 0.317 e. The smallest absolute Gasteiger partial charge is 0.317 e. The van der Waals surface area contributed by atoms with E-state index in [1.165, 1.54) is 11.0 Å². The predicted octanol–water partition coefficient (Wildman–Crippen LogP) is 3.52. The Morgan fingerprint density at radius 1 is 1.03 bits per heavy atom. The Labute approximate surface area is 175 Å². The molecule has 2 aromatic rings. The number of nitrogens with one attached hydrogen (secondary N) is 1. The maximum atomic E-state index is 14.4. The molecule has 0 aliphatic heterocycles. The van der Waals surface area contributed by atoms with Gasteiger partial charge >= 0.3 is 5.97 Å². The van der Waals surface area contributed by atoms with Gasteiger partial charge < -0.3 is 15.0 Å². The first kappa shape index (κ1) is 21.5. The monoisotopic (exact) mass is 412 g/mol. The van der Waals surface area contributed by atoms with E-state index >= 15 is 0 Å². The fraction of sp³-hybridized carbons (Fsp3) is 0.348. The molecule has 2 amide bonds. The van der Waals surface area contributed by atoms with Crippen LogP contribution in [-0.2, 0) is 19.7 Å². The van der Waals surface area contributed by atoms with E-state index in [0.29, 0.717) is 29.7 Å². The van der Waals surface area contributed by atoms with Gasteiger partial charge in [0.15, 0.2) is 6.61 Å². The number of esters is 1. The number of carbonyl (C=O) groups is 3. The molecular formula is C23H25FN2O4. The number of nitrogens with zero attached hydrogens (tertiary/aromatic N) is 1. The second-order valence-corrected chi connectivity index (χ2v) is 7.67. The number of hydrogen-bond donors (Lipinski definition) is 1. The Bertz CT molecular complexity index is 934. The summed E-state index contributed by atoms with van der Waals surface area (Å²) in [6.45, 7) is -0.465. The first-order valence-electron chi connectivity index (χ1n) is 9.87. The third-order valence-corrected chi connectivity index (χ3v) is 5.39. The van der Waals surface area contributed by atoms with Crippen LogP contribution in [0.1, 0.15) is 41.6 Å². The van der Waals surface area contributed by atoms with Crippen molar-refractivity contribution in [3.05, 3.63) is 65.5 Å². The van der Waals surface area contributed by atoms with Crippen LogP contribution >= 0.6 is 0 Å². The molecule has 1 N–H and O–H groups in total. The molecule has 0 saturated heterocycles. The summed E-state index contributed by atoms with van der Waals surface area (Å²) >= 11 is 0. The van der Waals surface area contributed by atoms with Crippen molar-refractivity contribution in [2.75, 3.05) is 26.0 Å². The highest BCUT2D eigenvalue weighted by Gasteiger charge is 2.45. The fourth-order valence-electron chi connectivity index (χ4n) is 3.83. The highest BCUT2D eigenvalue weighted by molar-refractivity contribution is 5.96. The van der Waals surface area contributed by atoms with E-state index in [1.807, 2.05) is 0 Å². The van der Waals surface area contributed by atoms with Gasteiger partial charge in [-0.05, 0) is 43.2 Å². The average molecular weight is 412 g/mol. The summed E-state index contributed by atoms with van der Waals surface area (Å²) in [5.41, 5.74) is 0.266. The topological polar surface area (TPSA) is 75.7 Å². The summed E-state index contributed by atoms with van der Waals surface area (Å²) in [7, 11) is 3.32. The van der Waals surface area contributed by atoms with Crippen LogP contribution in [0.25, 0.3) is 0 Å². The number of ether oxygens (including phenoxy) is 1. The number of amides is 2. The van der Waals surface area contributed by atoms with Gasteiger partial charge in [0, 0.05) is 30.9 Å². The maximum absolute atomic E-state index is 14.4. The Hall–Kier alpha value is -3.22. The summed E-state index contributed by atoms with van der Waals surface area (Å²) < 4.78 is 19.6. The zero-order chi connectivity index (χ0) is 21.7. The van der Waals surface area contributed by atoms with Gasteiger partial charge in [-0.15, -0.1) is 0 Å². The zero-order valence-electron chi connectivity index (χ0n) is 17.1. The SMILES string of the molecule is CN(C)C(=O)c1ccc(NC(=O)COC(=O)C2(c3ccccc3F)CCCC2)cc1. The van der Waals surface area contributed by atoms with Crippen molar-refractivity contribution in [2.24, 2.45) is 0 Å². The van der Waals surface area contributed by atoms with Crippen LogP contribution in [0, 0.1) is 5.82 Å². The normalized spacial score (nSPS) is 14.8. The number of halogens is 1. The first-order chi connectivity index (χ1) is 14.3. The molecular weight excluding hydrogens is 387 g/mol. The van der Waals surface area contributed by atoms with Gasteiger partial charge in [-0.3, -0.25) is 14.4 Å². The average Bonchev–Trinajstić information content (AvgIpc) is 3.23. The lowest BCUT2D eigenvalue weighted by atomic mass is 9.78. The third kappa shape index (κ3) is 4.50. The number of hydrogen-bond acceptors (Lipinski definition) is 4. The van der Waals surface area contributed by atoms with Gasteiger partial charge in [0.05, 0.1) is 5.41 Å². The van der Waals surface area contributed by atoms with Crippen molar-refractivity contribution in [2.45, 2.75) is 31.1 Å². The summed E-state index contributed by atoms with van der Waals surface area (Å²) in [6.07, 6.45) is 2.59. The van der Waals surface area contributed by atoms with Gasteiger partial charge in [0.25, 0.3) is 11.8 Å². The van der Waals surface area contributed by atoms with E-state index < -0.39 is 29.7 Å². The van der Waals surface area contributed by atoms with Gasteiger partial charge in [0.2, 0.25) is 0 Å². The standard InChI is InChI=1S/C23H25FN2O4/c1-26(2)21(28)16-9-11-17(12-10-16)25-20(27)15-30-22(29)23(13-5-6-14-23)18-7-3-4-8-19(18)24/h3-4,7-12H,5-6,13-15H2,1-2H3,(H,25,27). The molecule has 1 aliphatic rings. The largest absolute Gasteiger partial charge is 0.455 e. The minimum Gasteiger partial charge on any atom is -0.455 e. The lowest BCUT2D eigenvalue weighted by Gasteiger charge is -2.27. The van der Waals surface area contributed by atoms with E-state index in [1.54, 1.807) is 56.6 Å². The lowest BCUT2D eigenvalue weighted by Crippen LogP contribution is -2.37. The molecule has 0 aromatic heterocycles. The van der Waals surface area contributed by atoms with Crippen molar-refractivity contribution in [3.8, 4) is 0 Å². The molecule has 1 saturated carbocycles. The number of carbonyl (C=O) groups excluding carboxylic acids is 3. The highest BCUT2D eigenvalue weighted by atomic mass is 19.1. The van der Waals surface area contributed by atoms with Crippen LogP contribution in [0.2, 0.25) is 0 Å². The van der Waals surface area contributed by atoms with E-state index in [0.717, 1.165) is 12.8 Å². The molecule has 6 nitrogen and oxygen atoms in total. The molecule has 0 bridgehead atoms. The third-order valence-electron chi connectivity index (χ3n) is 5.39. The van der Waals surface area contributed by atoms with Crippen molar-refractivity contribution in [1.29, 1.82) is 0 Å². The van der Waals surface area contributed by atoms with Crippen LogP contribution in [0.3, 0.4) is 0 Å². The molecule has 7 heteroatoms. The second-order valence-electron chi connectivity index (χ2n) is 7.67. The van der Waals surface area contributed by atoms with Crippen LogP contribution in [0.4, 0.5) is 10.1 Å². The minimum absolute atomic E-state index is 0.142. The number of rotatable bonds is 6. The van der Waals surface area contributed by atoms with E-state index in [4.69, 9.17) is 4.74 Å². The summed E-state index contributed by atoms with van der Waals surface area (Å²) in [5.74, 6) is -1.66. The Kier molecular flexibility index (Phi) is 6.50. The van der Waals surface area contributed by atoms with E-state index in [-0.39, 0.29) is 5.91 Å². The summed E-state index contributed by atoms with van der Waals surface area (Å²) in [5, 5.41) is 2.63. The highest BCUT2D eigenvalue weighted by Crippen LogP contribution is 2.43.